The Hall–Kier alpha value is -2.45. The first-order valence-electron chi connectivity index (χ1n) is 10.6. The van der Waals surface area contributed by atoms with E-state index in [0.29, 0.717) is 29.7 Å². The topological polar surface area (TPSA) is 76.6 Å². The second-order valence-corrected chi connectivity index (χ2v) is 8.48. The molecule has 7 nitrogen and oxygen atoms in total. The van der Waals surface area contributed by atoms with Gasteiger partial charge in [-0.2, -0.15) is 0 Å². The number of aromatic nitrogens is 2. The van der Waals surface area contributed by atoms with Crippen LogP contribution in [-0.2, 0) is 4.74 Å². The predicted molar refractivity (Wildman–Crippen MR) is 120 cm³/mol. The molecule has 1 aliphatic carbocycles. The Labute approximate surface area is 180 Å². The number of carbonyl (C=O) groups excluding carboxylic acids is 1. The fourth-order valence-corrected chi connectivity index (χ4v) is 4.76. The number of anilines is 1. The first-order valence-corrected chi connectivity index (χ1v) is 11.4. The molecule has 2 amide bonds. The van der Waals surface area contributed by atoms with Gasteiger partial charge in [0.15, 0.2) is 5.13 Å². The zero-order chi connectivity index (χ0) is 20.8. The van der Waals surface area contributed by atoms with Crippen LogP contribution < -0.4 is 10.1 Å². The van der Waals surface area contributed by atoms with Crippen molar-refractivity contribution in [2.45, 2.75) is 38.5 Å². The van der Waals surface area contributed by atoms with Crippen molar-refractivity contribution in [1.82, 2.24) is 14.9 Å². The molecule has 0 spiro atoms. The average molecular weight is 429 g/mol. The molecule has 1 fully saturated rings. The summed E-state index contributed by atoms with van der Waals surface area (Å²) in [4.78, 5) is 23.8. The summed E-state index contributed by atoms with van der Waals surface area (Å²) in [6.45, 7) is 2.66. The summed E-state index contributed by atoms with van der Waals surface area (Å²) >= 11 is 1.47. The van der Waals surface area contributed by atoms with Gasteiger partial charge in [-0.3, -0.25) is 5.32 Å². The standard InChI is InChI=1S/C22H28N4O3S/c1-28-20-18-19(17(15-23-20)16-9-5-4-6-10-16)30-21(24-18)25-22(27)26-11-7-2-3-8-13-29-14-12-26/h4-5,9,15H,2-3,6-8,10-14H2,1H3,(H,24,25,27). The van der Waals surface area contributed by atoms with Crippen molar-refractivity contribution in [2.24, 2.45) is 0 Å². The van der Waals surface area contributed by atoms with Crippen molar-refractivity contribution < 1.29 is 14.3 Å². The number of carbonyl (C=O) groups is 1. The van der Waals surface area contributed by atoms with E-state index in [0.717, 1.165) is 61.9 Å². The minimum Gasteiger partial charge on any atom is -0.479 e. The predicted octanol–water partition coefficient (Wildman–Crippen LogP) is 4.86. The van der Waals surface area contributed by atoms with Gasteiger partial charge in [0.25, 0.3) is 0 Å². The summed E-state index contributed by atoms with van der Waals surface area (Å²) < 4.78 is 12.0. The molecule has 0 radical (unpaired) electrons. The van der Waals surface area contributed by atoms with E-state index >= 15 is 0 Å². The Morgan fingerprint density at radius 3 is 2.97 bits per heavy atom. The van der Waals surface area contributed by atoms with Crippen LogP contribution in [0.15, 0.2) is 24.4 Å². The molecular formula is C22H28N4O3S. The molecule has 1 N–H and O–H groups in total. The van der Waals surface area contributed by atoms with E-state index in [9.17, 15) is 4.79 Å². The molecule has 2 aromatic heterocycles. The number of hydrogen-bond donors (Lipinski definition) is 1. The van der Waals surface area contributed by atoms with Crippen LogP contribution in [0, 0.1) is 0 Å². The SMILES string of the molecule is COc1ncc(C2=CC=CCC2)c2sc(NC(=O)N3CCCCCCOCC3)nc12. The summed E-state index contributed by atoms with van der Waals surface area (Å²) in [6.07, 6.45) is 14.6. The molecule has 8 heteroatoms. The Morgan fingerprint density at radius 1 is 1.23 bits per heavy atom. The highest BCUT2D eigenvalue weighted by atomic mass is 32.1. The van der Waals surface area contributed by atoms with Crippen molar-refractivity contribution >= 4 is 38.3 Å². The zero-order valence-corrected chi connectivity index (χ0v) is 18.2. The second kappa shape index (κ2) is 10.0. The molecule has 3 heterocycles. The monoisotopic (exact) mass is 428 g/mol. The first-order chi connectivity index (χ1) is 14.8. The van der Waals surface area contributed by atoms with Crippen LogP contribution in [0.3, 0.4) is 0 Å². The van der Waals surface area contributed by atoms with E-state index in [1.807, 2.05) is 11.1 Å². The van der Waals surface area contributed by atoms with Crippen LogP contribution in [0.4, 0.5) is 9.93 Å². The van der Waals surface area contributed by atoms with E-state index < -0.39 is 0 Å². The Kier molecular flexibility index (Phi) is 6.96. The van der Waals surface area contributed by atoms with Gasteiger partial charge in [0.1, 0.15) is 5.52 Å². The fourth-order valence-electron chi connectivity index (χ4n) is 3.77. The van der Waals surface area contributed by atoms with Crippen molar-refractivity contribution in [2.75, 3.05) is 38.7 Å². The maximum absolute atomic E-state index is 12.9. The van der Waals surface area contributed by atoms with Crippen molar-refractivity contribution in [3.63, 3.8) is 0 Å². The number of allylic oxidation sites excluding steroid dienone is 4. The quantitative estimate of drug-likeness (QED) is 0.756. The summed E-state index contributed by atoms with van der Waals surface area (Å²) in [5.74, 6) is 0.477. The second-order valence-electron chi connectivity index (χ2n) is 7.48. The van der Waals surface area contributed by atoms with Crippen molar-refractivity contribution in [3.05, 3.63) is 30.0 Å². The molecule has 0 atom stereocenters. The summed E-state index contributed by atoms with van der Waals surface area (Å²) in [5.41, 5.74) is 2.97. The third-order valence-electron chi connectivity index (χ3n) is 5.41. The van der Waals surface area contributed by atoms with Gasteiger partial charge < -0.3 is 14.4 Å². The number of rotatable bonds is 3. The average Bonchev–Trinajstić information content (AvgIpc) is 3.20. The molecule has 4 rings (SSSR count). The first kappa shape index (κ1) is 20.8. The number of thiazole rings is 1. The molecule has 2 aromatic rings. The molecule has 2 aliphatic rings. The van der Waals surface area contributed by atoms with Crippen LogP contribution in [0.25, 0.3) is 15.8 Å². The highest BCUT2D eigenvalue weighted by Gasteiger charge is 2.20. The molecule has 0 bridgehead atoms. The van der Waals surface area contributed by atoms with Gasteiger partial charge in [-0.05, 0) is 31.3 Å². The highest BCUT2D eigenvalue weighted by Crippen LogP contribution is 2.38. The van der Waals surface area contributed by atoms with E-state index in [1.165, 1.54) is 16.9 Å². The lowest BCUT2D eigenvalue weighted by Crippen LogP contribution is -2.38. The number of fused-ring (bicyclic) bond motifs is 1. The van der Waals surface area contributed by atoms with E-state index in [2.05, 4.69) is 33.5 Å². The van der Waals surface area contributed by atoms with Gasteiger partial charge in [0.05, 0.1) is 18.4 Å². The lowest BCUT2D eigenvalue weighted by Gasteiger charge is -2.23. The maximum Gasteiger partial charge on any atom is 0.323 e. The van der Waals surface area contributed by atoms with Crippen LogP contribution in [0.2, 0.25) is 0 Å². The van der Waals surface area contributed by atoms with Crippen LogP contribution >= 0.6 is 11.3 Å². The van der Waals surface area contributed by atoms with Gasteiger partial charge in [-0.25, -0.2) is 14.8 Å². The fraction of sp³-hybridized carbons (Fsp3) is 0.500. The number of hydrogen-bond acceptors (Lipinski definition) is 6. The number of amides is 2. The third-order valence-corrected chi connectivity index (χ3v) is 6.42. The number of pyridine rings is 1. The number of methoxy groups -OCH3 is 1. The molecule has 1 aliphatic heterocycles. The Morgan fingerprint density at radius 2 is 2.13 bits per heavy atom. The normalized spacial score (nSPS) is 18.2. The summed E-state index contributed by atoms with van der Waals surface area (Å²) in [6, 6.07) is -0.133. The smallest absolute Gasteiger partial charge is 0.323 e. The largest absolute Gasteiger partial charge is 0.479 e. The lowest BCUT2D eigenvalue weighted by molar-refractivity contribution is 0.103. The van der Waals surface area contributed by atoms with Crippen LogP contribution in [-0.4, -0.2) is 54.3 Å². The summed E-state index contributed by atoms with van der Waals surface area (Å²) in [5, 5.41) is 3.55. The molecule has 0 aromatic carbocycles. The maximum atomic E-state index is 12.9. The number of ether oxygens (including phenoxy) is 2. The van der Waals surface area contributed by atoms with Crippen molar-refractivity contribution in [3.8, 4) is 5.88 Å². The van der Waals surface area contributed by atoms with Gasteiger partial charge in [0, 0.05) is 31.5 Å². The third kappa shape index (κ3) is 4.82. The van der Waals surface area contributed by atoms with Crippen molar-refractivity contribution in [1.29, 1.82) is 0 Å². The van der Waals surface area contributed by atoms with Gasteiger partial charge in [-0.1, -0.05) is 42.4 Å². The van der Waals surface area contributed by atoms with Gasteiger partial charge in [-0.15, -0.1) is 0 Å². The Bertz CT molecular complexity index is 943. The number of urea groups is 1. The van der Waals surface area contributed by atoms with Gasteiger partial charge in [0.2, 0.25) is 5.88 Å². The minimum atomic E-state index is -0.133. The zero-order valence-electron chi connectivity index (χ0n) is 17.4. The lowest BCUT2D eigenvalue weighted by atomic mass is 9.99. The van der Waals surface area contributed by atoms with Crippen LogP contribution in [0.5, 0.6) is 5.88 Å². The van der Waals surface area contributed by atoms with E-state index in [-0.39, 0.29) is 6.03 Å². The molecule has 30 heavy (non-hydrogen) atoms. The van der Waals surface area contributed by atoms with Crippen LogP contribution in [0.1, 0.15) is 44.1 Å². The molecule has 0 unspecified atom stereocenters. The van der Waals surface area contributed by atoms with Gasteiger partial charge >= 0.3 is 6.03 Å². The number of nitrogens with zero attached hydrogens (tertiary/aromatic N) is 3. The number of nitrogens with one attached hydrogen (secondary N) is 1. The Balaban J connectivity index is 1.57. The molecule has 0 saturated carbocycles. The molecule has 160 valence electrons. The summed E-state index contributed by atoms with van der Waals surface area (Å²) in [7, 11) is 1.59. The van der Waals surface area contributed by atoms with E-state index in [1.54, 1.807) is 7.11 Å². The highest BCUT2D eigenvalue weighted by molar-refractivity contribution is 7.22. The van der Waals surface area contributed by atoms with E-state index in [4.69, 9.17) is 9.47 Å². The molecular weight excluding hydrogens is 400 g/mol. The minimum absolute atomic E-state index is 0.133. The molecule has 1 saturated heterocycles.